The number of carbonyl (C=O) groups is 1. The number of hydrogen-bond donors (Lipinski definition) is 1. The van der Waals surface area contributed by atoms with Crippen LogP contribution in [0.2, 0.25) is 0 Å². The zero-order valence-electron chi connectivity index (χ0n) is 21.3. The molecule has 4 rings (SSSR count). The second-order valence-corrected chi connectivity index (χ2v) is 12.9. The van der Waals surface area contributed by atoms with Crippen molar-refractivity contribution >= 4 is 16.1 Å². The van der Waals surface area contributed by atoms with Gasteiger partial charge >= 0.3 is 6.09 Å². The van der Waals surface area contributed by atoms with Crippen LogP contribution in [0.1, 0.15) is 57.7 Å². The van der Waals surface area contributed by atoms with E-state index < -0.39 is 38.7 Å². The van der Waals surface area contributed by atoms with E-state index in [2.05, 4.69) is 4.72 Å². The van der Waals surface area contributed by atoms with Gasteiger partial charge in [-0.2, -0.15) is 0 Å². The fourth-order valence-corrected chi connectivity index (χ4v) is 5.80. The Balaban J connectivity index is 1.67. The quantitative estimate of drug-likeness (QED) is 0.587. The number of amides is 1. The molecule has 2 aromatic carbocycles. The maximum absolute atomic E-state index is 13.7. The summed E-state index contributed by atoms with van der Waals surface area (Å²) in [6.45, 7) is 7.84. The predicted molar refractivity (Wildman–Crippen MR) is 137 cm³/mol. The monoisotopic (exact) mass is 516 g/mol. The highest BCUT2D eigenvalue weighted by Gasteiger charge is 2.55. The van der Waals surface area contributed by atoms with Crippen molar-refractivity contribution in [3.63, 3.8) is 0 Å². The van der Waals surface area contributed by atoms with Gasteiger partial charge in [-0.3, -0.25) is 4.90 Å². The van der Waals surface area contributed by atoms with Gasteiger partial charge in [-0.25, -0.2) is 17.9 Å². The highest BCUT2D eigenvalue weighted by atomic mass is 32.2. The SMILES string of the molecule is C[C@H](c1ccccc1)N(C(=O)OCc1ccccc1)C1CC2(CC1NS(=O)(=O)C(C)(C)C)OCCO2. The van der Waals surface area contributed by atoms with Crippen molar-refractivity contribution in [1.82, 2.24) is 9.62 Å². The molecule has 36 heavy (non-hydrogen) atoms. The Hall–Kier alpha value is -2.46. The van der Waals surface area contributed by atoms with E-state index in [0.29, 0.717) is 26.1 Å². The number of ether oxygens (including phenoxy) is 3. The van der Waals surface area contributed by atoms with Gasteiger partial charge in [0.1, 0.15) is 6.61 Å². The summed E-state index contributed by atoms with van der Waals surface area (Å²) >= 11 is 0. The summed E-state index contributed by atoms with van der Waals surface area (Å²) in [5.41, 5.74) is 1.79. The van der Waals surface area contributed by atoms with E-state index in [1.165, 1.54) is 0 Å². The fourth-order valence-electron chi connectivity index (χ4n) is 4.80. The lowest BCUT2D eigenvalue weighted by Crippen LogP contribution is -2.54. The van der Waals surface area contributed by atoms with Crippen molar-refractivity contribution in [3.8, 4) is 0 Å². The minimum Gasteiger partial charge on any atom is -0.445 e. The fraction of sp³-hybridized carbons (Fsp3) is 0.519. The molecule has 1 saturated heterocycles. The van der Waals surface area contributed by atoms with E-state index in [1.54, 1.807) is 25.7 Å². The summed E-state index contributed by atoms with van der Waals surface area (Å²) in [7, 11) is -3.71. The van der Waals surface area contributed by atoms with Gasteiger partial charge in [-0.1, -0.05) is 60.7 Å². The van der Waals surface area contributed by atoms with E-state index in [4.69, 9.17) is 14.2 Å². The molecule has 1 saturated carbocycles. The molecule has 1 heterocycles. The van der Waals surface area contributed by atoms with E-state index in [0.717, 1.165) is 11.1 Å². The second-order valence-electron chi connectivity index (χ2n) is 10.5. The summed E-state index contributed by atoms with van der Waals surface area (Å²) in [6, 6.07) is 17.6. The first kappa shape index (κ1) is 26.6. The van der Waals surface area contributed by atoms with Gasteiger partial charge < -0.3 is 14.2 Å². The van der Waals surface area contributed by atoms with E-state index in [9.17, 15) is 13.2 Å². The van der Waals surface area contributed by atoms with Crippen LogP contribution in [-0.4, -0.2) is 55.2 Å². The number of hydrogen-bond acceptors (Lipinski definition) is 6. The third-order valence-electron chi connectivity index (χ3n) is 6.91. The molecule has 1 N–H and O–H groups in total. The normalized spacial score (nSPS) is 22.4. The standard InChI is InChI=1S/C27H36N2O6S/c1-20(22-13-9-6-10-14-22)29(25(30)33-19-21-11-7-5-8-12-21)24-18-27(34-15-16-35-27)17-23(24)28-36(31,32)26(2,3)4/h5-14,20,23-24,28H,15-19H2,1-4H3/t20-,23?,24?/m1/s1. The molecule has 3 atom stereocenters. The average Bonchev–Trinajstić information content (AvgIpc) is 3.44. The molecule has 1 aliphatic carbocycles. The first-order valence-corrected chi connectivity index (χ1v) is 13.8. The number of sulfonamides is 1. The third kappa shape index (κ3) is 5.75. The molecule has 2 fully saturated rings. The van der Waals surface area contributed by atoms with Gasteiger partial charge in [0.25, 0.3) is 0 Å². The lowest BCUT2D eigenvalue weighted by atomic mass is 10.0. The van der Waals surface area contributed by atoms with Gasteiger partial charge in [0.2, 0.25) is 10.0 Å². The molecule has 8 nitrogen and oxygen atoms in total. The average molecular weight is 517 g/mol. The van der Waals surface area contributed by atoms with Gasteiger partial charge in [0, 0.05) is 18.9 Å². The van der Waals surface area contributed by atoms with Crippen LogP contribution < -0.4 is 4.72 Å². The molecule has 196 valence electrons. The zero-order chi connectivity index (χ0) is 26.0. The Morgan fingerprint density at radius 3 is 2.22 bits per heavy atom. The largest absolute Gasteiger partial charge is 0.445 e. The highest BCUT2D eigenvalue weighted by Crippen LogP contribution is 2.43. The van der Waals surface area contributed by atoms with Gasteiger partial charge in [0.05, 0.1) is 30.0 Å². The van der Waals surface area contributed by atoms with Crippen LogP contribution >= 0.6 is 0 Å². The molecular formula is C27H36N2O6S. The van der Waals surface area contributed by atoms with Crippen molar-refractivity contribution in [2.24, 2.45) is 0 Å². The lowest BCUT2D eigenvalue weighted by Gasteiger charge is -2.37. The molecular weight excluding hydrogens is 480 g/mol. The molecule has 2 aliphatic rings. The molecule has 2 aromatic rings. The molecule has 9 heteroatoms. The van der Waals surface area contributed by atoms with Gasteiger partial charge in [-0.05, 0) is 38.8 Å². The van der Waals surface area contributed by atoms with Crippen molar-refractivity contribution < 1.29 is 27.4 Å². The van der Waals surface area contributed by atoms with Crippen LogP contribution in [0.5, 0.6) is 0 Å². The minimum absolute atomic E-state index is 0.112. The minimum atomic E-state index is -3.71. The summed E-state index contributed by atoms with van der Waals surface area (Å²) < 4.78 is 45.9. The van der Waals surface area contributed by atoms with Crippen LogP contribution in [0.25, 0.3) is 0 Å². The van der Waals surface area contributed by atoms with Crippen molar-refractivity contribution in [2.75, 3.05) is 13.2 Å². The van der Waals surface area contributed by atoms with Crippen molar-refractivity contribution in [1.29, 1.82) is 0 Å². The Morgan fingerprint density at radius 1 is 1.06 bits per heavy atom. The molecule has 1 aliphatic heterocycles. The van der Waals surface area contributed by atoms with Crippen LogP contribution in [0.3, 0.4) is 0 Å². The first-order valence-electron chi connectivity index (χ1n) is 12.4. The number of nitrogens with zero attached hydrogens (tertiary/aromatic N) is 1. The van der Waals surface area contributed by atoms with Crippen LogP contribution in [0.4, 0.5) is 4.79 Å². The third-order valence-corrected chi connectivity index (χ3v) is 9.14. The van der Waals surface area contributed by atoms with E-state index >= 15 is 0 Å². The molecule has 2 unspecified atom stereocenters. The molecule has 0 radical (unpaired) electrons. The first-order chi connectivity index (χ1) is 17.0. The highest BCUT2D eigenvalue weighted by molar-refractivity contribution is 7.90. The molecule has 0 aromatic heterocycles. The zero-order valence-corrected chi connectivity index (χ0v) is 22.2. The Kier molecular flexibility index (Phi) is 7.75. The second kappa shape index (κ2) is 10.5. The lowest BCUT2D eigenvalue weighted by molar-refractivity contribution is -0.153. The van der Waals surface area contributed by atoms with Gasteiger partial charge in [-0.15, -0.1) is 0 Å². The maximum atomic E-state index is 13.7. The molecule has 0 bridgehead atoms. The Morgan fingerprint density at radius 2 is 1.64 bits per heavy atom. The van der Waals surface area contributed by atoms with Crippen molar-refractivity contribution in [2.45, 2.75) is 75.8 Å². The Bertz CT molecular complexity index is 1130. The topological polar surface area (TPSA) is 94.2 Å². The number of benzene rings is 2. The summed E-state index contributed by atoms with van der Waals surface area (Å²) in [5.74, 6) is -0.940. The van der Waals surface area contributed by atoms with Crippen LogP contribution in [0, 0.1) is 0 Å². The molecule has 1 amide bonds. The number of rotatable bonds is 7. The molecule has 1 spiro atoms. The Labute approximate surface area is 214 Å². The number of carbonyl (C=O) groups excluding carboxylic acids is 1. The maximum Gasteiger partial charge on any atom is 0.410 e. The van der Waals surface area contributed by atoms with Crippen LogP contribution in [-0.2, 0) is 30.8 Å². The summed E-state index contributed by atoms with van der Waals surface area (Å²) in [6.07, 6.45) is 0.119. The van der Waals surface area contributed by atoms with Crippen molar-refractivity contribution in [3.05, 3.63) is 71.8 Å². The van der Waals surface area contributed by atoms with Gasteiger partial charge in [0.15, 0.2) is 5.79 Å². The smallest absolute Gasteiger partial charge is 0.410 e. The van der Waals surface area contributed by atoms with E-state index in [1.807, 2.05) is 67.6 Å². The van der Waals surface area contributed by atoms with E-state index in [-0.39, 0.29) is 12.6 Å². The summed E-state index contributed by atoms with van der Waals surface area (Å²) in [5, 5.41) is 0. The predicted octanol–water partition coefficient (Wildman–Crippen LogP) is 4.38. The number of nitrogens with one attached hydrogen (secondary N) is 1. The van der Waals surface area contributed by atoms with Crippen LogP contribution in [0.15, 0.2) is 60.7 Å². The summed E-state index contributed by atoms with van der Waals surface area (Å²) in [4.78, 5) is 15.3.